The molecule has 5 nitrogen and oxygen atoms in total. The molecular formula is C25H21NO4S. The number of nitrogens with one attached hydrogen (secondary N) is 1. The Morgan fingerprint density at radius 1 is 1.00 bits per heavy atom. The summed E-state index contributed by atoms with van der Waals surface area (Å²) in [6.45, 7) is 2.05. The van der Waals surface area contributed by atoms with Gasteiger partial charge in [-0.2, -0.15) is 0 Å². The number of hydrogen-bond acceptors (Lipinski definition) is 4. The van der Waals surface area contributed by atoms with E-state index in [4.69, 9.17) is 9.47 Å². The van der Waals surface area contributed by atoms with Crippen molar-refractivity contribution >= 4 is 21.8 Å². The molecule has 0 bridgehead atoms. The molecule has 1 unspecified atom stereocenters. The van der Waals surface area contributed by atoms with Gasteiger partial charge >= 0.3 is 0 Å². The highest BCUT2D eigenvalue weighted by atomic mass is 32.2. The summed E-state index contributed by atoms with van der Waals surface area (Å²) in [6, 6.07) is 21.5. The molecule has 1 amide bonds. The maximum absolute atomic E-state index is 11.9. The van der Waals surface area contributed by atoms with Crippen molar-refractivity contribution in [3.63, 3.8) is 0 Å². The summed E-state index contributed by atoms with van der Waals surface area (Å²) >= 11 is 0. The van der Waals surface area contributed by atoms with Gasteiger partial charge in [0.15, 0.2) is 11.0 Å². The Morgan fingerprint density at radius 2 is 1.81 bits per heavy atom. The van der Waals surface area contributed by atoms with Crippen molar-refractivity contribution in [3.05, 3.63) is 95.1 Å². The van der Waals surface area contributed by atoms with Crippen LogP contribution in [0.1, 0.15) is 34.8 Å². The Kier molecular flexibility index (Phi) is 5.08. The highest BCUT2D eigenvalue weighted by molar-refractivity contribution is 7.93. The molecule has 3 aromatic rings. The lowest BCUT2D eigenvalue weighted by Gasteiger charge is -2.16. The minimum absolute atomic E-state index is 0.0509. The average Bonchev–Trinajstić information content (AvgIpc) is 3.32. The minimum Gasteiger partial charge on any atom is -0.486 e. The molecule has 0 saturated heterocycles. The van der Waals surface area contributed by atoms with Crippen molar-refractivity contribution in [2.45, 2.75) is 25.9 Å². The standard InChI is InChI=1S/C25H21NO4S/c1-16-4-2-5-19(14-16)30-22-7-3-6-20-21(22)12-13-23(20)29-18-10-8-17(9-11-18)24-15-25(27)26-31(24)28/h2-11,14-15,23H,12-13H2,1H3,(H,26,27)/t23-,31?/m1/s1. The number of rotatable bonds is 5. The van der Waals surface area contributed by atoms with Crippen LogP contribution in [0, 0.1) is 6.92 Å². The lowest BCUT2D eigenvalue weighted by Crippen LogP contribution is -2.16. The normalized spacial score (nSPS) is 19.5. The number of aryl methyl sites for hydroxylation is 1. The third kappa shape index (κ3) is 3.99. The first-order chi connectivity index (χ1) is 15.1. The minimum atomic E-state index is -1.50. The third-order valence-corrected chi connectivity index (χ3v) is 6.60. The molecule has 2 atom stereocenters. The number of carbonyl (C=O) groups excluding carboxylic acids is 1. The molecule has 5 rings (SSSR count). The number of benzene rings is 3. The fourth-order valence-electron chi connectivity index (χ4n) is 4.01. The van der Waals surface area contributed by atoms with Gasteiger partial charge in [-0.15, -0.1) is 0 Å². The first-order valence-corrected chi connectivity index (χ1v) is 11.3. The Balaban J connectivity index is 1.33. The molecule has 1 aliphatic heterocycles. The molecule has 0 fully saturated rings. The molecular weight excluding hydrogens is 410 g/mol. The summed E-state index contributed by atoms with van der Waals surface area (Å²) in [5, 5.41) is 0. The van der Waals surface area contributed by atoms with Crippen LogP contribution in [-0.2, 0) is 22.2 Å². The maximum Gasteiger partial charge on any atom is 0.257 e. The van der Waals surface area contributed by atoms with E-state index in [2.05, 4.69) is 10.8 Å². The van der Waals surface area contributed by atoms with Gasteiger partial charge in [0, 0.05) is 11.6 Å². The van der Waals surface area contributed by atoms with Crippen molar-refractivity contribution in [3.8, 4) is 17.2 Å². The third-order valence-electron chi connectivity index (χ3n) is 5.46. The van der Waals surface area contributed by atoms with Gasteiger partial charge in [0.2, 0.25) is 0 Å². The molecule has 1 N–H and O–H groups in total. The summed E-state index contributed by atoms with van der Waals surface area (Å²) in [4.78, 5) is 11.9. The Morgan fingerprint density at radius 3 is 2.55 bits per heavy atom. The van der Waals surface area contributed by atoms with E-state index >= 15 is 0 Å². The monoisotopic (exact) mass is 431 g/mol. The largest absolute Gasteiger partial charge is 0.486 e. The second-order valence-electron chi connectivity index (χ2n) is 7.66. The van der Waals surface area contributed by atoms with Crippen molar-refractivity contribution in [1.29, 1.82) is 0 Å². The molecule has 1 aliphatic carbocycles. The van der Waals surface area contributed by atoms with Crippen molar-refractivity contribution in [1.82, 2.24) is 4.72 Å². The van der Waals surface area contributed by atoms with Gasteiger partial charge in [0.1, 0.15) is 23.4 Å². The van der Waals surface area contributed by atoms with Gasteiger partial charge in [-0.25, -0.2) is 4.21 Å². The van der Waals surface area contributed by atoms with Crippen LogP contribution >= 0.6 is 0 Å². The number of ether oxygens (including phenoxy) is 2. The van der Waals surface area contributed by atoms with E-state index in [9.17, 15) is 9.00 Å². The van der Waals surface area contributed by atoms with Crippen molar-refractivity contribution in [2.75, 3.05) is 0 Å². The van der Waals surface area contributed by atoms with Gasteiger partial charge in [0.05, 0.1) is 4.91 Å². The molecule has 31 heavy (non-hydrogen) atoms. The smallest absolute Gasteiger partial charge is 0.257 e. The molecule has 6 heteroatoms. The first kappa shape index (κ1) is 19.6. The lowest BCUT2D eigenvalue weighted by molar-refractivity contribution is -0.114. The Labute approximate surface area is 183 Å². The van der Waals surface area contributed by atoms with Gasteiger partial charge in [-0.3, -0.25) is 9.52 Å². The van der Waals surface area contributed by atoms with Gasteiger partial charge in [0.25, 0.3) is 5.91 Å². The summed E-state index contributed by atoms with van der Waals surface area (Å²) < 4.78 is 26.7. The summed E-state index contributed by atoms with van der Waals surface area (Å²) in [5.41, 5.74) is 4.22. The molecule has 0 spiro atoms. The Bertz CT molecular complexity index is 1220. The predicted molar refractivity (Wildman–Crippen MR) is 120 cm³/mol. The second-order valence-corrected chi connectivity index (χ2v) is 8.84. The van der Waals surface area contributed by atoms with Crippen LogP contribution in [0.2, 0.25) is 0 Å². The van der Waals surface area contributed by atoms with E-state index in [1.54, 1.807) is 0 Å². The van der Waals surface area contributed by atoms with Crippen LogP contribution in [0.4, 0.5) is 0 Å². The number of fused-ring (bicyclic) bond motifs is 1. The lowest BCUT2D eigenvalue weighted by atomic mass is 10.1. The van der Waals surface area contributed by atoms with Crippen LogP contribution in [0.15, 0.2) is 72.8 Å². The number of hydrogen-bond donors (Lipinski definition) is 1. The van der Waals surface area contributed by atoms with Crippen LogP contribution in [-0.4, -0.2) is 10.1 Å². The number of carbonyl (C=O) groups is 1. The van der Waals surface area contributed by atoms with E-state index in [1.807, 2.05) is 67.6 Å². The van der Waals surface area contributed by atoms with Crippen LogP contribution in [0.5, 0.6) is 17.2 Å². The molecule has 2 aliphatic rings. The highest BCUT2D eigenvalue weighted by Gasteiger charge is 2.27. The van der Waals surface area contributed by atoms with Crippen LogP contribution in [0.3, 0.4) is 0 Å². The second kappa shape index (κ2) is 8.04. The summed E-state index contributed by atoms with van der Waals surface area (Å²) in [6.07, 6.45) is 3.08. The van der Waals surface area contributed by atoms with Crippen molar-refractivity contribution < 1.29 is 18.5 Å². The molecule has 156 valence electrons. The SMILES string of the molecule is Cc1cccc(Oc2cccc3c2CC[C@H]3Oc2ccc(C3=CC(=O)NS3=O)cc2)c1. The van der Waals surface area contributed by atoms with Gasteiger partial charge in [-0.05, 0) is 66.8 Å². The van der Waals surface area contributed by atoms with Crippen molar-refractivity contribution in [2.24, 2.45) is 0 Å². The zero-order valence-electron chi connectivity index (χ0n) is 17.0. The molecule has 1 heterocycles. The number of amides is 1. The molecule has 0 aromatic heterocycles. The average molecular weight is 432 g/mol. The zero-order valence-corrected chi connectivity index (χ0v) is 17.8. The van der Waals surface area contributed by atoms with Crippen LogP contribution in [0.25, 0.3) is 4.91 Å². The van der Waals surface area contributed by atoms with Crippen LogP contribution < -0.4 is 14.2 Å². The summed E-state index contributed by atoms with van der Waals surface area (Å²) in [7, 11) is -1.50. The fraction of sp³-hybridized carbons (Fsp3) is 0.160. The predicted octanol–water partition coefficient (Wildman–Crippen LogP) is 4.99. The van der Waals surface area contributed by atoms with E-state index in [-0.39, 0.29) is 12.0 Å². The van der Waals surface area contributed by atoms with E-state index in [0.717, 1.165) is 46.8 Å². The van der Waals surface area contributed by atoms with Gasteiger partial charge in [-0.1, -0.05) is 36.4 Å². The summed E-state index contributed by atoms with van der Waals surface area (Å²) in [5.74, 6) is 2.10. The maximum atomic E-state index is 11.9. The van der Waals surface area contributed by atoms with E-state index in [1.165, 1.54) is 11.6 Å². The first-order valence-electron chi connectivity index (χ1n) is 10.1. The molecule has 0 radical (unpaired) electrons. The molecule has 3 aromatic carbocycles. The topological polar surface area (TPSA) is 64.6 Å². The van der Waals surface area contributed by atoms with Gasteiger partial charge < -0.3 is 9.47 Å². The highest BCUT2D eigenvalue weighted by Crippen LogP contribution is 2.41. The van der Waals surface area contributed by atoms with E-state index < -0.39 is 11.0 Å². The molecule has 0 saturated carbocycles. The van der Waals surface area contributed by atoms with E-state index in [0.29, 0.717) is 4.91 Å². The quantitative estimate of drug-likeness (QED) is 0.618. The zero-order chi connectivity index (χ0) is 21.4. The fourth-order valence-corrected chi connectivity index (χ4v) is 4.92. The Hall–Kier alpha value is -3.38.